The molecular formula is C16H19NO. The molecule has 0 aliphatic heterocycles. The molecule has 0 amide bonds. The van der Waals surface area contributed by atoms with Crippen molar-refractivity contribution >= 4 is 5.69 Å². The minimum absolute atomic E-state index is 0.589. The Kier molecular flexibility index (Phi) is 3.56. The van der Waals surface area contributed by atoms with Crippen LogP contribution in [-0.4, -0.2) is 0 Å². The van der Waals surface area contributed by atoms with E-state index in [0.29, 0.717) is 6.61 Å². The van der Waals surface area contributed by atoms with Crippen LogP contribution in [0.25, 0.3) is 0 Å². The van der Waals surface area contributed by atoms with Gasteiger partial charge in [-0.25, -0.2) is 0 Å². The normalized spacial score (nSPS) is 10.4. The highest BCUT2D eigenvalue weighted by Crippen LogP contribution is 2.25. The number of ether oxygens (including phenoxy) is 1. The van der Waals surface area contributed by atoms with Crippen LogP contribution in [0.4, 0.5) is 5.69 Å². The molecule has 2 heteroatoms. The van der Waals surface area contributed by atoms with Crippen molar-refractivity contribution in [3.8, 4) is 5.75 Å². The van der Waals surface area contributed by atoms with Gasteiger partial charge in [-0.2, -0.15) is 0 Å². The number of nitrogens with two attached hydrogens (primary N) is 1. The molecule has 0 aliphatic carbocycles. The second-order valence-electron chi connectivity index (χ2n) is 4.75. The van der Waals surface area contributed by atoms with Gasteiger partial charge in [0.05, 0.1) is 0 Å². The molecule has 2 rings (SSSR count). The molecule has 2 aromatic rings. The van der Waals surface area contributed by atoms with Crippen LogP contribution >= 0.6 is 0 Å². The van der Waals surface area contributed by atoms with Gasteiger partial charge in [0.1, 0.15) is 12.4 Å². The first kappa shape index (κ1) is 12.5. The fourth-order valence-electron chi connectivity index (χ4n) is 1.93. The van der Waals surface area contributed by atoms with Crippen LogP contribution in [0.3, 0.4) is 0 Å². The van der Waals surface area contributed by atoms with Crippen LogP contribution in [0, 0.1) is 20.8 Å². The topological polar surface area (TPSA) is 35.2 Å². The van der Waals surface area contributed by atoms with Crippen molar-refractivity contribution < 1.29 is 4.74 Å². The molecule has 2 N–H and O–H groups in total. The molecule has 2 nitrogen and oxygen atoms in total. The fraction of sp³-hybridized carbons (Fsp3) is 0.250. The van der Waals surface area contributed by atoms with Gasteiger partial charge in [-0.15, -0.1) is 0 Å². The lowest BCUT2D eigenvalue weighted by atomic mass is 10.1. The molecule has 0 aliphatic rings. The van der Waals surface area contributed by atoms with Crippen molar-refractivity contribution in [3.63, 3.8) is 0 Å². The van der Waals surface area contributed by atoms with Gasteiger partial charge in [0.25, 0.3) is 0 Å². The smallest absolute Gasteiger partial charge is 0.123 e. The molecule has 0 saturated carbocycles. The van der Waals surface area contributed by atoms with Gasteiger partial charge >= 0.3 is 0 Å². The van der Waals surface area contributed by atoms with E-state index in [-0.39, 0.29) is 0 Å². The van der Waals surface area contributed by atoms with E-state index >= 15 is 0 Å². The maximum atomic E-state index is 5.86. The Balaban J connectivity index is 2.13. The molecule has 0 saturated heterocycles. The highest BCUT2D eigenvalue weighted by atomic mass is 16.5. The Morgan fingerprint density at radius 1 is 1.00 bits per heavy atom. The summed E-state index contributed by atoms with van der Waals surface area (Å²) in [5.41, 5.74) is 11.2. The summed E-state index contributed by atoms with van der Waals surface area (Å²) in [5, 5.41) is 0. The first-order valence-electron chi connectivity index (χ1n) is 6.11. The van der Waals surface area contributed by atoms with E-state index in [0.717, 1.165) is 22.6 Å². The summed E-state index contributed by atoms with van der Waals surface area (Å²) in [5.74, 6) is 0.906. The molecule has 0 bridgehead atoms. The Labute approximate surface area is 108 Å². The minimum Gasteiger partial charge on any atom is -0.489 e. The molecule has 94 valence electrons. The summed E-state index contributed by atoms with van der Waals surface area (Å²) in [6, 6.07) is 12.3. The van der Waals surface area contributed by atoms with Crippen LogP contribution in [0.1, 0.15) is 22.3 Å². The van der Waals surface area contributed by atoms with E-state index in [1.165, 1.54) is 11.1 Å². The lowest BCUT2D eigenvalue weighted by molar-refractivity contribution is 0.304. The van der Waals surface area contributed by atoms with Crippen molar-refractivity contribution in [2.45, 2.75) is 27.4 Å². The van der Waals surface area contributed by atoms with E-state index in [2.05, 4.69) is 31.2 Å². The molecule has 18 heavy (non-hydrogen) atoms. The largest absolute Gasteiger partial charge is 0.489 e. The van der Waals surface area contributed by atoms with Crippen molar-refractivity contribution in [1.29, 1.82) is 0 Å². The molecule has 0 radical (unpaired) electrons. The summed E-state index contributed by atoms with van der Waals surface area (Å²) in [6.07, 6.45) is 0. The zero-order chi connectivity index (χ0) is 13.1. The first-order valence-corrected chi connectivity index (χ1v) is 6.11. The van der Waals surface area contributed by atoms with E-state index < -0.39 is 0 Å². The van der Waals surface area contributed by atoms with Crippen LogP contribution in [0.15, 0.2) is 36.4 Å². The maximum Gasteiger partial charge on any atom is 0.123 e. The molecule has 2 aromatic carbocycles. The van der Waals surface area contributed by atoms with Crippen molar-refractivity contribution in [3.05, 3.63) is 58.7 Å². The van der Waals surface area contributed by atoms with Gasteiger partial charge in [-0.3, -0.25) is 0 Å². The minimum atomic E-state index is 0.589. The Hall–Kier alpha value is -1.96. The van der Waals surface area contributed by atoms with Crippen LogP contribution in [-0.2, 0) is 6.61 Å². The van der Waals surface area contributed by atoms with Gasteiger partial charge in [0.2, 0.25) is 0 Å². The lowest BCUT2D eigenvalue weighted by Crippen LogP contribution is -1.99. The van der Waals surface area contributed by atoms with Crippen molar-refractivity contribution in [1.82, 2.24) is 0 Å². The second-order valence-corrected chi connectivity index (χ2v) is 4.75. The van der Waals surface area contributed by atoms with Gasteiger partial charge in [-0.1, -0.05) is 29.8 Å². The van der Waals surface area contributed by atoms with E-state index in [1.54, 1.807) is 0 Å². The van der Waals surface area contributed by atoms with Crippen LogP contribution in [0.5, 0.6) is 5.75 Å². The monoisotopic (exact) mass is 241 g/mol. The zero-order valence-corrected chi connectivity index (χ0v) is 11.2. The van der Waals surface area contributed by atoms with Crippen molar-refractivity contribution in [2.75, 3.05) is 5.73 Å². The zero-order valence-electron chi connectivity index (χ0n) is 11.2. The van der Waals surface area contributed by atoms with E-state index in [9.17, 15) is 0 Å². The maximum absolute atomic E-state index is 5.86. The highest BCUT2D eigenvalue weighted by molar-refractivity contribution is 5.53. The number of nitrogen functional groups attached to an aromatic ring is 1. The molecule has 0 spiro atoms. The third-order valence-electron chi connectivity index (χ3n) is 3.04. The Morgan fingerprint density at radius 2 is 1.78 bits per heavy atom. The summed E-state index contributed by atoms with van der Waals surface area (Å²) in [7, 11) is 0. The SMILES string of the molecule is Cc1cccc(COc2cc(C)c(N)cc2C)c1. The second kappa shape index (κ2) is 5.13. The Morgan fingerprint density at radius 3 is 2.50 bits per heavy atom. The lowest BCUT2D eigenvalue weighted by Gasteiger charge is -2.12. The quantitative estimate of drug-likeness (QED) is 0.830. The average Bonchev–Trinajstić information content (AvgIpc) is 2.32. The van der Waals surface area contributed by atoms with Gasteiger partial charge in [0, 0.05) is 5.69 Å². The van der Waals surface area contributed by atoms with Gasteiger partial charge < -0.3 is 10.5 Å². The summed E-state index contributed by atoms with van der Waals surface area (Å²) in [6.45, 7) is 6.68. The summed E-state index contributed by atoms with van der Waals surface area (Å²) in [4.78, 5) is 0. The highest BCUT2D eigenvalue weighted by Gasteiger charge is 2.04. The van der Waals surface area contributed by atoms with Crippen LogP contribution in [0.2, 0.25) is 0 Å². The number of anilines is 1. The van der Waals surface area contributed by atoms with Gasteiger partial charge in [0.15, 0.2) is 0 Å². The number of hydrogen-bond donors (Lipinski definition) is 1. The van der Waals surface area contributed by atoms with Crippen LogP contribution < -0.4 is 10.5 Å². The number of hydrogen-bond acceptors (Lipinski definition) is 2. The number of rotatable bonds is 3. The van der Waals surface area contributed by atoms with Gasteiger partial charge in [-0.05, 0) is 49.6 Å². The molecule has 0 unspecified atom stereocenters. The summed E-state index contributed by atoms with van der Waals surface area (Å²) >= 11 is 0. The Bertz CT molecular complexity index is 561. The molecular weight excluding hydrogens is 222 g/mol. The molecule has 0 atom stereocenters. The van der Waals surface area contributed by atoms with E-state index in [1.807, 2.05) is 26.0 Å². The van der Waals surface area contributed by atoms with Crippen molar-refractivity contribution in [2.24, 2.45) is 0 Å². The third kappa shape index (κ3) is 2.83. The number of benzene rings is 2. The predicted octanol–water partition coefficient (Wildman–Crippen LogP) is 3.77. The first-order chi connectivity index (χ1) is 8.56. The average molecular weight is 241 g/mol. The molecule has 0 fully saturated rings. The molecule has 0 heterocycles. The fourth-order valence-corrected chi connectivity index (χ4v) is 1.93. The van der Waals surface area contributed by atoms with E-state index in [4.69, 9.17) is 10.5 Å². The number of aryl methyl sites for hydroxylation is 3. The molecule has 0 aromatic heterocycles. The third-order valence-corrected chi connectivity index (χ3v) is 3.04. The standard InChI is InChI=1S/C16H19NO/c1-11-5-4-6-14(7-11)10-18-16-9-12(2)15(17)8-13(16)3/h4-9H,10,17H2,1-3H3. The summed E-state index contributed by atoms with van der Waals surface area (Å²) < 4.78 is 5.86. The predicted molar refractivity (Wildman–Crippen MR) is 75.8 cm³/mol.